The Morgan fingerprint density at radius 3 is 2.46 bits per heavy atom. The van der Waals surface area contributed by atoms with Crippen molar-refractivity contribution >= 4 is 5.97 Å². The van der Waals surface area contributed by atoms with Crippen molar-refractivity contribution in [1.29, 1.82) is 0 Å². The lowest BCUT2D eigenvalue weighted by Gasteiger charge is -2.16. The van der Waals surface area contributed by atoms with Crippen molar-refractivity contribution < 1.29 is 14.6 Å². The number of hydrogen-bond donors (Lipinski definition) is 1. The number of ether oxygens (including phenoxy) is 1. The van der Waals surface area contributed by atoms with Gasteiger partial charge in [0, 0.05) is 12.3 Å². The fourth-order valence-electron chi connectivity index (χ4n) is 0.575. The first-order valence-corrected chi connectivity index (χ1v) is 4.21. The van der Waals surface area contributed by atoms with E-state index in [0.29, 0.717) is 6.42 Å². The zero-order valence-corrected chi connectivity index (χ0v) is 8.55. The molecule has 0 rings (SSSR count). The molecule has 0 aliphatic heterocycles. The van der Waals surface area contributed by atoms with E-state index < -0.39 is 17.7 Å². The summed E-state index contributed by atoms with van der Waals surface area (Å²) < 4.78 is 4.93. The maximum Gasteiger partial charge on any atom is 0.384 e. The van der Waals surface area contributed by atoms with E-state index in [1.807, 2.05) is 0 Å². The molecule has 1 atom stereocenters. The maximum atomic E-state index is 11.0. The first-order valence-electron chi connectivity index (χ1n) is 4.21. The van der Waals surface area contributed by atoms with Gasteiger partial charge in [0.05, 0.1) is 6.10 Å². The van der Waals surface area contributed by atoms with Gasteiger partial charge in [-0.25, -0.2) is 4.79 Å². The molecule has 0 fully saturated rings. The van der Waals surface area contributed by atoms with Crippen molar-refractivity contribution in [2.24, 2.45) is 0 Å². The number of rotatable bonds is 1. The molecule has 3 nitrogen and oxygen atoms in total. The molecule has 0 unspecified atom stereocenters. The van der Waals surface area contributed by atoms with Crippen LogP contribution in [0.2, 0.25) is 0 Å². The second-order valence-electron chi connectivity index (χ2n) is 3.86. The summed E-state index contributed by atoms with van der Waals surface area (Å²) in [4.78, 5) is 11.0. The summed E-state index contributed by atoms with van der Waals surface area (Å²) in [5.41, 5.74) is -0.503. The Hall–Kier alpha value is -1.01. The Balaban J connectivity index is 3.92. The van der Waals surface area contributed by atoms with Gasteiger partial charge in [0.1, 0.15) is 5.60 Å². The van der Waals surface area contributed by atoms with Crippen molar-refractivity contribution in [3.63, 3.8) is 0 Å². The van der Waals surface area contributed by atoms with Gasteiger partial charge in [-0.15, -0.1) is 0 Å². The van der Waals surface area contributed by atoms with Crippen LogP contribution in [0.15, 0.2) is 0 Å². The molecule has 0 aromatic carbocycles. The van der Waals surface area contributed by atoms with E-state index >= 15 is 0 Å². The van der Waals surface area contributed by atoms with Crippen LogP contribution in [0.25, 0.3) is 0 Å². The lowest BCUT2D eigenvalue weighted by Crippen LogP contribution is -2.22. The summed E-state index contributed by atoms with van der Waals surface area (Å²) in [6, 6.07) is 0. The molecule has 0 aliphatic carbocycles. The van der Waals surface area contributed by atoms with Gasteiger partial charge in [0.2, 0.25) is 0 Å². The number of hydrogen-bond acceptors (Lipinski definition) is 3. The van der Waals surface area contributed by atoms with Gasteiger partial charge in [0.15, 0.2) is 0 Å². The van der Waals surface area contributed by atoms with Gasteiger partial charge in [-0.05, 0) is 27.7 Å². The molecule has 13 heavy (non-hydrogen) atoms. The minimum absolute atomic E-state index is 0.291. The second-order valence-corrected chi connectivity index (χ2v) is 3.86. The van der Waals surface area contributed by atoms with Crippen LogP contribution >= 0.6 is 0 Å². The molecular weight excluding hydrogens is 168 g/mol. The Kier molecular flexibility index (Phi) is 4.50. The van der Waals surface area contributed by atoms with Crippen LogP contribution in [-0.4, -0.2) is 22.8 Å². The molecule has 0 aromatic rings. The minimum Gasteiger partial charge on any atom is -0.450 e. The lowest BCUT2D eigenvalue weighted by atomic mass is 10.2. The minimum atomic E-state index is -0.548. The smallest absolute Gasteiger partial charge is 0.384 e. The first-order chi connectivity index (χ1) is 5.81. The highest BCUT2D eigenvalue weighted by atomic mass is 16.6. The summed E-state index contributed by atoms with van der Waals surface area (Å²) in [6.07, 6.45) is -0.214. The highest BCUT2D eigenvalue weighted by Gasteiger charge is 2.13. The largest absolute Gasteiger partial charge is 0.450 e. The highest BCUT2D eigenvalue weighted by molar-refractivity contribution is 5.88. The van der Waals surface area contributed by atoms with Crippen LogP contribution < -0.4 is 0 Å². The van der Waals surface area contributed by atoms with Crippen molar-refractivity contribution in [3.05, 3.63) is 0 Å². The van der Waals surface area contributed by atoms with Gasteiger partial charge in [-0.3, -0.25) is 0 Å². The molecule has 0 amide bonds. The van der Waals surface area contributed by atoms with Crippen LogP contribution in [-0.2, 0) is 9.53 Å². The van der Waals surface area contributed by atoms with Gasteiger partial charge < -0.3 is 9.84 Å². The molecule has 0 aliphatic rings. The monoisotopic (exact) mass is 184 g/mol. The predicted octanol–water partition coefficient (Wildman–Crippen LogP) is 1.10. The number of carbonyl (C=O) groups is 1. The summed E-state index contributed by atoms with van der Waals surface area (Å²) in [5.74, 6) is 4.28. The van der Waals surface area contributed by atoms with E-state index in [1.54, 1.807) is 27.7 Å². The Bertz CT molecular complexity index is 225. The van der Waals surface area contributed by atoms with Gasteiger partial charge in [-0.2, -0.15) is 0 Å². The van der Waals surface area contributed by atoms with Crippen LogP contribution in [0.1, 0.15) is 34.1 Å². The van der Waals surface area contributed by atoms with Crippen molar-refractivity contribution in [2.45, 2.75) is 45.8 Å². The van der Waals surface area contributed by atoms with Gasteiger partial charge in [0.25, 0.3) is 0 Å². The Morgan fingerprint density at radius 2 is 2.08 bits per heavy atom. The van der Waals surface area contributed by atoms with Crippen LogP contribution in [0.4, 0.5) is 0 Å². The number of aliphatic hydroxyl groups excluding tert-OH is 1. The number of esters is 1. The Labute approximate surface area is 79.1 Å². The molecule has 0 saturated carbocycles. The van der Waals surface area contributed by atoms with E-state index in [2.05, 4.69) is 11.8 Å². The molecule has 0 heterocycles. The van der Waals surface area contributed by atoms with Gasteiger partial charge >= 0.3 is 5.97 Å². The molecule has 3 heteroatoms. The normalized spacial score (nSPS) is 12.7. The lowest BCUT2D eigenvalue weighted by molar-refractivity contribution is -0.147. The zero-order valence-electron chi connectivity index (χ0n) is 8.55. The number of carbonyl (C=O) groups excluding carboxylic acids is 1. The SMILES string of the molecule is C[C@@H](O)CC#CC(=O)OC(C)(C)C. The molecule has 1 N–H and O–H groups in total. The van der Waals surface area contributed by atoms with Crippen molar-refractivity contribution in [2.75, 3.05) is 0 Å². The summed E-state index contributed by atoms with van der Waals surface area (Å²) in [5, 5.41) is 8.84. The van der Waals surface area contributed by atoms with E-state index in [0.717, 1.165) is 0 Å². The average molecular weight is 184 g/mol. The molecular formula is C10H16O3. The molecule has 74 valence electrons. The predicted molar refractivity (Wildman–Crippen MR) is 49.9 cm³/mol. The fourth-order valence-corrected chi connectivity index (χ4v) is 0.575. The standard InChI is InChI=1S/C10H16O3/c1-8(11)6-5-7-9(12)13-10(2,3)4/h8,11H,6H2,1-4H3/t8-/m1/s1. The van der Waals surface area contributed by atoms with Crippen LogP contribution in [0, 0.1) is 11.8 Å². The third-order valence-corrected chi connectivity index (χ3v) is 0.987. The van der Waals surface area contributed by atoms with E-state index in [9.17, 15) is 4.79 Å². The maximum absolute atomic E-state index is 11.0. The topological polar surface area (TPSA) is 46.5 Å². The highest BCUT2D eigenvalue weighted by Crippen LogP contribution is 2.06. The average Bonchev–Trinajstić information content (AvgIpc) is 1.81. The summed E-state index contributed by atoms with van der Waals surface area (Å²) >= 11 is 0. The van der Waals surface area contributed by atoms with E-state index in [4.69, 9.17) is 9.84 Å². The molecule has 0 aromatic heterocycles. The Morgan fingerprint density at radius 1 is 1.54 bits per heavy atom. The van der Waals surface area contributed by atoms with E-state index in [1.165, 1.54) is 0 Å². The third-order valence-electron chi connectivity index (χ3n) is 0.987. The zero-order chi connectivity index (χ0) is 10.5. The van der Waals surface area contributed by atoms with Crippen LogP contribution in [0.5, 0.6) is 0 Å². The quantitative estimate of drug-likeness (QED) is 0.377. The molecule has 0 saturated heterocycles. The molecule has 0 radical (unpaired) electrons. The van der Waals surface area contributed by atoms with Crippen LogP contribution in [0.3, 0.4) is 0 Å². The fraction of sp³-hybridized carbons (Fsp3) is 0.700. The van der Waals surface area contributed by atoms with Crippen molar-refractivity contribution in [1.82, 2.24) is 0 Å². The van der Waals surface area contributed by atoms with E-state index in [-0.39, 0.29) is 0 Å². The third kappa shape index (κ3) is 8.90. The first kappa shape index (κ1) is 12.0. The second kappa shape index (κ2) is 4.88. The number of aliphatic hydroxyl groups is 1. The van der Waals surface area contributed by atoms with Crippen molar-refractivity contribution in [3.8, 4) is 11.8 Å². The van der Waals surface area contributed by atoms with Gasteiger partial charge in [-0.1, -0.05) is 5.92 Å². The summed E-state index contributed by atoms with van der Waals surface area (Å²) in [7, 11) is 0. The molecule has 0 spiro atoms. The summed E-state index contributed by atoms with van der Waals surface area (Å²) in [6.45, 7) is 6.95. The molecule has 0 bridgehead atoms.